The van der Waals surface area contributed by atoms with Gasteiger partial charge in [0.1, 0.15) is 19.3 Å². The molecule has 0 saturated heterocycles. The lowest BCUT2D eigenvalue weighted by Gasteiger charge is -2.30. The first-order valence-corrected chi connectivity index (χ1v) is 32.0. The number of hydrogen-bond acceptors (Lipinski definition) is 6. The Morgan fingerprint density at radius 3 is 1.94 bits per heavy atom. The molecule has 3 N–H and O–H groups in total. The number of hydrogen-bond donors (Lipinski definition) is 3. The van der Waals surface area contributed by atoms with Crippen LogP contribution in [0.1, 0.15) is 168 Å². The van der Waals surface area contributed by atoms with Crippen LogP contribution >= 0.6 is 0 Å². The van der Waals surface area contributed by atoms with E-state index < -0.39 is 5.97 Å². The molecule has 2 aliphatic carbocycles. The van der Waals surface area contributed by atoms with E-state index in [1.807, 2.05) is 24.3 Å². The first-order chi connectivity index (χ1) is 41.2. The molecule has 0 radical (unpaired) electrons. The average molecular weight is 1160 g/mol. The molecule has 4 aromatic rings. The van der Waals surface area contributed by atoms with Gasteiger partial charge < -0.3 is 25.5 Å². The summed E-state index contributed by atoms with van der Waals surface area (Å²) in [6.07, 6.45) is 31.4. The summed E-state index contributed by atoms with van der Waals surface area (Å²) < 4.78 is 4.50. The Kier molecular flexibility index (Phi) is 18.4. The molecule has 0 aromatic heterocycles. The summed E-state index contributed by atoms with van der Waals surface area (Å²) in [7, 11) is 4.39. The number of rotatable bonds is 22. The van der Waals surface area contributed by atoms with Crippen LogP contribution in [0.4, 0.5) is 22.7 Å². The SMILES string of the molecule is CN1/C(=C/C=C2CCCC(/C=C/C3=[N+](C)c4ccccc4C3(C)C)=C2NCCCCCC(=O)CC2CCC(NC(=O)CCN3C(=CC=CC=CC4=[N+](CCC(=O)O)c5ccccc5C4(C)C)C(C)(C)c4ccccc43)CC2)C(C)(C)c2ccccc21. The summed E-state index contributed by atoms with van der Waals surface area (Å²) in [5, 5.41) is 16.9. The van der Waals surface area contributed by atoms with Crippen molar-refractivity contribution < 1.29 is 28.6 Å². The van der Waals surface area contributed by atoms with E-state index in [0.717, 1.165) is 93.5 Å². The Bertz CT molecular complexity index is 3550. The Balaban J connectivity index is 0.699. The normalized spacial score (nSPS) is 22.3. The molecule has 4 aromatic carbocycles. The molecular weight excluding hydrogens is 1060 g/mol. The number of carbonyl (C=O) groups excluding carboxylic acids is 2. The van der Waals surface area contributed by atoms with Crippen molar-refractivity contribution in [3.05, 3.63) is 202 Å². The zero-order chi connectivity index (χ0) is 61.0. The average Bonchev–Trinajstić information content (AvgIpc) is 1.77. The van der Waals surface area contributed by atoms with Gasteiger partial charge in [-0.15, -0.1) is 0 Å². The van der Waals surface area contributed by atoms with Crippen LogP contribution in [0.5, 0.6) is 0 Å². The van der Waals surface area contributed by atoms with Crippen LogP contribution in [0, 0.1) is 5.92 Å². The van der Waals surface area contributed by atoms with Crippen LogP contribution in [0.15, 0.2) is 180 Å². The second-order valence-electron chi connectivity index (χ2n) is 27.0. The third-order valence-electron chi connectivity index (χ3n) is 19.9. The zero-order valence-electron chi connectivity index (χ0n) is 53.1. The highest BCUT2D eigenvalue weighted by molar-refractivity contribution is 6.04. The number of nitrogens with one attached hydrogen (secondary N) is 2. The highest BCUT2D eigenvalue weighted by Gasteiger charge is 2.45. The van der Waals surface area contributed by atoms with E-state index >= 15 is 0 Å². The van der Waals surface area contributed by atoms with Crippen LogP contribution < -0.4 is 20.4 Å². The molecule has 10 nitrogen and oxygen atoms in total. The topological polar surface area (TPSA) is 108 Å². The molecule has 10 rings (SSSR count). The maximum absolute atomic E-state index is 13.7. The highest BCUT2D eigenvalue weighted by atomic mass is 16.4. The van der Waals surface area contributed by atoms with E-state index in [-0.39, 0.29) is 40.0 Å². The summed E-state index contributed by atoms with van der Waals surface area (Å²) in [6, 6.07) is 34.5. The van der Waals surface area contributed by atoms with Crippen LogP contribution in [-0.2, 0) is 36.0 Å². The summed E-state index contributed by atoms with van der Waals surface area (Å²) in [6.45, 7) is 20.1. The van der Waals surface area contributed by atoms with Crippen molar-refractivity contribution in [2.24, 2.45) is 5.92 Å². The minimum atomic E-state index is -0.811. The number of ketones is 1. The van der Waals surface area contributed by atoms with Gasteiger partial charge in [-0.2, -0.15) is 9.15 Å². The Labute approximate surface area is 513 Å². The maximum Gasteiger partial charge on any atom is 0.309 e. The Morgan fingerprint density at radius 1 is 0.616 bits per heavy atom. The van der Waals surface area contributed by atoms with Crippen molar-refractivity contribution in [2.45, 2.75) is 173 Å². The number of carbonyl (C=O) groups is 3. The minimum absolute atomic E-state index is 0.0547. The second-order valence-corrected chi connectivity index (χ2v) is 27.0. The number of anilines is 2. The van der Waals surface area contributed by atoms with Crippen molar-refractivity contribution in [1.29, 1.82) is 0 Å². The number of nitrogens with zero attached hydrogens (tertiary/aromatic N) is 4. The number of carboxylic acid groups (broad SMARTS) is 1. The van der Waals surface area contributed by atoms with Crippen LogP contribution in [-0.4, -0.2) is 83.1 Å². The standard InChI is InChI=1S/C76H92N6O4/c1-73(2)58-29-16-20-33-62(58)79(9)66(73)45-41-54-26-25-27-55(42-46-67-74(3,4)59-30-17-21-34-63(59)80(67)10)72(54)77-49-24-12-13-28-57(83)52-53-39-43-56(44-40-53)78-70(84)47-50-81-64-35-22-18-31-60(64)75(5,6)68(81)37-14-11-15-38-69-76(7,8)61-32-19-23-36-65(61)82(69)51-48-71(85)86/h11,14-23,29-38,41-42,45-46,53,56H,12-13,24-28,39-40,43-44,47-52H2,1-10H3,(H-,78,84,85,86)/p+2/b54-41?,66-45+. The number of aliphatic carboxylic acids is 1. The number of unbranched alkanes of at least 4 members (excludes halogenated alkanes) is 2. The van der Waals surface area contributed by atoms with Gasteiger partial charge in [-0.05, 0) is 138 Å². The van der Waals surface area contributed by atoms with Gasteiger partial charge in [0.2, 0.25) is 17.3 Å². The van der Waals surface area contributed by atoms with E-state index in [1.54, 1.807) is 0 Å². The van der Waals surface area contributed by atoms with E-state index in [1.165, 1.54) is 61.9 Å². The molecule has 86 heavy (non-hydrogen) atoms. The van der Waals surface area contributed by atoms with Gasteiger partial charge in [-0.25, -0.2) is 0 Å². The van der Waals surface area contributed by atoms with Crippen LogP contribution in [0.2, 0.25) is 0 Å². The molecule has 4 heterocycles. The quantitative estimate of drug-likeness (QED) is 0.0409. The number of benzene rings is 4. The fraction of sp³-hybridized carbons (Fsp3) is 0.434. The van der Waals surface area contributed by atoms with Crippen molar-refractivity contribution in [2.75, 3.05) is 43.5 Å². The van der Waals surface area contributed by atoms with Crippen molar-refractivity contribution in [3.8, 4) is 0 Å². The number of carboxylic acids is 1. The number of likely N-dealkylation sites (N-methyl/N-ethyl adjacent to an activating group) is 1. The molecule has 0 spiro atoms. The van der Waals surface area contributed by atoms with Gasteiger partial charge in [-0.1, -0.05) is 137 Å². The van der Waals surface area contributed by atoms with Crippen LogP contribution in [0.25, 0.3) is 0 Å². The van der Waals surface area contributed by atoms with E-state index in [4.69, 9.17) is 0 Å². The fourth-order valence-electron chi connectivity index (χ4n) is 15.1. The largest absolute Gasteiger partial charge is 0.481 e. The van der Waals surface area contributed by atoms with E-state index in [2.05, 4.69) is 227 Å². The summed E-state index contributed by atoms with van der Waals surface area (Å²) in [4.78, 5) is 43.4. The van der Waals surface area contributed by atoms with Gasteiger partial charge in [0, 0.05) is 120 Å². The summed E-state index contributed by atoms with van der Waals surface area (Å²) in [5.41, 5.74) is 18.0. The molecule has 450 valence electrons. The molecular formula is C76H94N6O4+2. The molecule has 1 saturated carbocycles. The van der Waals surface area contributed by atoms with E-state index in [9.17, 15) is 19.5 Å². The number of fused-ring (bicyclic) bond motifs is 4. The number of para-hydroxylation sites is 4. The van der Waals surface area contributed by atoms with Crippen LogP contribution in [0.3, 0.4) is 0 Å². The van der Waals surface area contributed by atoms with E-state index in [0.29, 0.717) is 44.1 Å². The Morgan fingerprint density at radius 2 is 1.24 bits per heavy atom. The number of amides is 1. The van der Waals surface area contributed by atoms with Crippen molar-refractivity contribution >= 4 is 51.8 Å². The lowest BCUT2D eigenvalue weighted by Crippen LogP contribution is -2.39. The summed E-state index contributed by atoms with van der Waals surface area (Å²) in [5.74, 6) is 0.00806. The number of Topliss-reactive ketones (excluding diaryl/α,β-unsaturated/α-hetero) is 1. The predicted molar refractivity (Wildman–Crippen MR) is 354 cm³/mol. The molecule has 0 bridgehead atoms. The molecule has 1 fully saturated rings. The minimum Gasteiger partial charge on any atom is -0.481 e. The monoisotopic (exact) mass is 1150 g/mol. The first kappa shape index (κ1) is 61.5. The Hall–Kier alpha value is -7.59. The molecule has 10 heteroatoms. The molecule has 6 aliphatic rings. The molecule has 1 amide bonds. The van der Waals surface area contributed by atoms with Gasteiger partial charge in [0.05, 0.1) is 10.8 Å². The molecule has 0 atom stereocenters. The van der Waals surface area contributed by atoms with Crippen molar-refractivity contribution in [1.82, 2.24) is 10.6 Å². The predicted octanol–water partition coefficient (Wildman–Crippen LogP) is 15.4. The van der Waals surface area contributed by atoms with Gasteiger partial charge in [0.25, 0.3) is 0 Å². The molecule has 4 aliphatic heterocycles. The third kappa shape index (κ3) is 12.6. The smallest absolute Gasteiger partial charge is 0.309 e. The van der Waals surface area contributed by atoms with Gasteiger partial charge >= 0.3 is 5.97 Å². The zero-order valence-corrected chi connectivity index (χ0v) is 53.1. The first-order valence-electron chi connectivity index (χ1n) is 32.0. The molecule has 0 unspecified atom stereocenters. The fourth-order valence-corrected chi connectivity index (χ4v) is 15.1. The number of allylic oxidation sites excluding steroid dienone is 13. The lowest BCUT2D eigenvalue weighted by atomic mass is 9.81. The second kappa shape index (κ2) is 25.8. The van der Waals surface area contributed by atoms with Gasteiger partial charge in [0.15, 0.2) is 18.0 Å². The lowest BCUT2D eigenvalue weighted by molar-refractivity contribution is -0.436. The maximum atomic E-state index is 13.7. The summed E-state index contributed by atoms with van der Waals surface area (Å²) >= 11 is 0. The van der Waals surface area contributed by atoms with Gasteiger partial charge in [-0.3, -0.25) is 14.4 Å². The third-order valence-corrected chi connectivity index (χ3v) is 19.9. The highest BCUT2D eigenvalue weighted by Crippen LogP contribution is 2.49. The van der Waals surface area contributed by atoms with Crippen molar-refractivity contribution in [3.63, 3.8) is 0 Å².